The van der Waals surface area contributed by atoms with Crippen LogP contribution >= 0.6 is 0 Å². The van der Waals surface area contributed by atoms with Gasteiger partial charge < -0.3 is 15.3 Å². The highest BCUT2D eigenvalue weighted by Crippen LogP contribution is 2.15. The Bertz CT molecular complexity index is 521. The molecule has 5 nitrogen and oxygen atoms in total. The topological polar surface area (TPSA) is 69.6 Å². The number of aliphatic hydroxyl groups is 1. The Morgan fingerprint density at radius 2 is 2.14 bits per heavy atom. The number of hydrogen-bond acceptors (Lipinski definition) is 3. The summed E-state index contributed by atoms with van der Waals surface area (Å²) in [4.78, 5) is 24.9. The molecule has 0 aliphatic carbocycles. The smallest absolute Gasteiger partial charge is 0.239 e. The molecule has 0 aromatic heterocycles. The van der Waals surface area contributed by atoms with E-state index in [1.807, 2.05) is 0 Å². The van der Waals surface area contributed by atoms with Crippen molar-refractivity contribution in [3.63, 3.8) is 0 Å². The van der Waals surface area contributed by atoms with Gasteiger partial charge in [0, 0.05) is 25.1 Å². The van der Waals surface area contributed by atoms with Gasteiger partial charge in [-0.1, -0.05) is 18.2 Å². The van der Waals surface area contributed by atoms with E-state index in [0.29, 0.717) is 13.0 Å². The van der Waals surface area contributed by atoms with E-state index >= 15 is 0 Å². The van der Waals surface area contributed by atoms with Crippen molar-refractivity contribution in [1.29, 1.82) is 0 Å². The molecular weight excluding hydrogens is 275 g/mol. The predicted octanol–water partition coefficient (Wildman–Crippen LogP) is 0.988. The van der Waals surface area contributed by atoms with Gasteiger partial charge in [-0.05, 0) is 18.9 Å². The zero-order valence-corrected chi connectivity index (χ0v) is 11.7. The summed E-state index contributed by atoms with van der Waals surface area (Å²) >= 11 is 0. The summed E-state index contributed by atoms with van der Waals surface area (Å²) < 4.78 is 13.5. The molecule has 0 unspecified atom stereocenters. The summed E-state index contributed by atoms with van der Waals surface area (Å²) in [6.45, 7) is 0.493. The first kappa shape index (κ1) is 15.4. The van der Waals surface area contributed by atoms with Crippen LogP contribution in [0.25, 0.3) is 0 Å². The predicted molar refractivity (Wildman–Crippen MR) is 74.8 cm³/mol. The summed E-state index contributed by atoms with van der Waals surface area (Å²) in [6, 6.07) is 5.88. The monoisotopic (exact) mass is 294 g/mol. The van der Waals surface area contributed by atoms with E-state index in [2.05, 4.69) is 5.32 Å². The fraction of sp³-hybridized carbons (Fsp3) is 0.467. The third-order valence-electron chi connectivity index (χ3n) is 3.51. The van der Waals surface area contributed by atoms with Crippen LogP contribution < -0.4 is 5.32 Å². The lowest BCUT2D eigenvalue weighted by atomic mass is 10.1. The number of nitrogens with zero attached hydrogens (tertiary/aromatic N) is 1. The summed E-state index contributed by atoms with van der Waals surface area (Å²) in [5, 5.41) is 12.4. The normalized spacial score (nSPS) is 16.7. The number of likely N-dealkylation sites (tertiary alicyclic amines) is 1. The minimum Gasteiger partial charge on any atom is -0.386 e. The lowest BCUT2D eigenvalue weighted by Gasteiger charge is -2.26. The molecule has 0 bridgehead atoms. The van der Waals surface area contributed by atoms with Gasteiger partial charge in [0.1, 0.15) is 5.82 Å². The van der Waals surface area contributed by atoms with Crippen molar-refractivity contribution in [2.24, 2.45) is 0 Å². The number of rotatable bonds is 5. The van der Waals surface area contributed by atoms with Crippen molar-refractivity contribution in [3.8, 4) is 0 Å². The number of carbonyl (C=O) groups is 2. The molecular formula is C15H19FN2O3. The lowest BCUT2D eigenvalue weighted by Crippen LogP contribution is -2.43. The maximum atomic E-state index is 13.5. The second kappa shape index (κ2) is 7.17. The van der Waals surface area contributed by atoms with Gasteiger partial charge in [0.2, 0.25) is 11.8 Å². The highest BCUT2D eigenvalue weighted by atomic mass is 19.1. The van der Waals surface area contributed by atoms with E-state index in [0.717, 1.165) is 12.8 Å². The number of benzene rings is 1. The summed E-state index contributed by atoms with van der Waals surface area (Å²) in [6.07, 6.45) is 1.14. The Labute approximate surface area is 122 Å². The number of piperidine rings is 1. The number of amides is 2. The molecule has 2 rings (SSSR count). The minimum atomic E-state index is -1.10. The van der Waals surface area contributed by atoms with Crippen LogP contribution in [-0.2, 0) is 9.59 Å². The average Bonchev–Trinajstić information content (AvgIpc) is 2.48. The molecule has 1 aromatic rings. The van der Waals surface area contributed by atoms with Gasteiger partial charge in [0.05, 0.1) is 12.6 Å². The molecule has 2 N–H and O–H groups in total. The third-order valence-corrected chi connectivity index (χ3v) is 3.51. The highest BCUT2D eigenvalue weighted by molar-refractivity contribution is 5.85. The van der Waals surface area contributed by atoms with Crippen molar-refractivity contribution in [1.82, 2.24) is 10.2 Å². The van der Waals surface area contributed by atoms with Gasteiger partial charge >= 0.3 is 0 Å². The number of hydrogen-bond donors (Lipinski definition) is 2. The van der Waals surface area contributed by atoms with Gasteiger partial charge in [0.15, 0.2) is 0 Å². The molecule has 6 heteroatoms. The number of aliphatic hydroxyl groups excluding tert-OH is 1. The highest BCUT2D eigenvalue weighted by Gasteiger charge is 2.21. The van der Waals surface area contributed by atoms with Crippen molar-refractivity contribution in [2.75, 3.05) is 19.6 Å². The van der Waals surface area contributed by atoms with Gasteiger partial charge in [0.25, 0.3) is 0 Å². The second-order valence-electron chi connectivity index (χ2n) is 5.11. The first-order valence-electron chi connectivity index (χ1n) is 7.05. The summed E-state index contributed by atoms with van der Waals surface area (Å²) in [5.74, 6) is -0.878. The van der Waals surface area contributed by atoms with Gasteiger partial charge in [-0.15, -0.1) is 0 Å². The van der Waals surface area contributed by atoms with Crippen LogP contribution in [0.1, 0.15) is 30.9 Å². The SMILES string of the molecule is O=C(CN1CCCCC1=O)NC[C@H](O)c1ccccc1F. The lowest BCUT2D eigenvalue weighted by molar-refractivity contribution is -0.137. The zero-order valence-electron chi connectivity index (χ0n) is 11.7. The summed E-state index contributed by atoms with van der Waals surface area (Å²) in [7, 11) is 0. The number of nitrogens with one attached hydrogen (secondary N) is 1. The molecule has 1 atom stereocenters. The molecule has 1 heterocycles. The van der Waals surface area contributed by atoms with E-state index in [4.69, 9.17) is 0 Å². The third kappa shape index (κ3) is 4.26. The first-order valence-corrected chi connectivity index (χ1v) is 7.05. The van der Waals surface area contributed by atoms with Crippen LogP contribution in [0.3, 0.4) is 0 Å². The van der Waals surface area contributed by atoms with E-state index in [-0.39, 0.29) is 30.5 Å². The van der Waals surface area contributed by atoms with E-state index in [1.165, 1.54) is 23.1 Å². The molecule has 1 saturated heterocycles. The Balaban J connectivity index is 1.81. The van der Waals surface area contributed by atoms with Crippen molar-refractivity contribution in [2.45, 2.75) is 25.4 Å². The van der Waals surface area contributed by atoms with Crippen LogP contribution in [0.15, 0.2) is 24.3 Å². The minimum absolute atomic E-state index is 0.0111. The van der Waals surface area contributed by atoms with Gasteiger partial charge in [-0.25, -0.2) is 4.39 Å². The van der Waals surface area contributed by atoms with Gasteiger partial charge in [-0.3, -0.25) is 9.59 Å². The van der Waals surface area contributed by atoms with E-state index in [9.17, 15) is 19.1 Å². The Morgan fingerprint density at radius 1 is 1.38 bits per heavy atom. The van der Waals surface area contributed by atoms with Crippen LogP contribution in [0.4, 0.5) is 4.39 Å². The van der Waals surface area contributed by atoms with Crippen LogP contribution in [0, 0.1) is 5.82 Å². The van der Waals surface area contributed by atoms with E-state index < -0.39 is 11.9 Å². The maximum Gasteiger partial charge on any atom is 0.239 e. The molecule has 0 saturated carbocycles. The Kier molecular flexibility index (Phi) is 5.27. The average molecular weight is 294 g/mol. The first-order chi connectivity index (χ1) is 10.1. The molecule has 1 fully saturated rings. The Morgan fingerprint density at radius 3 is 2.86 bits per heavy atom. The van der Waals surface area contributed by atoms with E-state index in [1.54, 1.807) is 6.07 Å². The number of halogens is 1. The molecule has 0 spiro atoms. The summed E-state index contributed by atoms with van der Waals surface area (Å²) in [5.41, 5.74) is 0.145. The fourth-order valence-electron chi connectivity index (χ4n) is 2.32. The van der Waals surface area contributed by atoms with Crippen LogP contribution in [-0.4, -0.2) is 41.5 Å². The molecule has 1 aliphatic heterocycles. The number of carbonyl (C=O) groups excluding carboxylic acids is 2. The standard InChI is InChI=1S/C15H19FN2O3/c16-12-6-2-1-5-11(12)13(19)9-17-14(20)10-18-8-4-3-7-15(18)21/h1-2,5-6,13,19H,3-4,7-10H2,(H,17,20)/t13-/m0/s1. The van der Waals surface area contributed by atoms with Crippen LogP contribution in [0.2, 0.25) is 0 Å². The van der Waals surface area contributed by atoms with Gasteiger partial charge in [-0.2, -0.15) is 0 Å². The van der Waals surface area contributed by atoms with Crippen molar-refractivity contribution >= 4 is 11.8 Å². The fourth-order valence-corrected chi connectivity index (χ4v) is 2.32. The molecule has 0 radical (unpaired) electrons. The molecule has 114 valence electrons. The molecule has 21 heavy (non-hydrogen) atoms. The second-order valence-corrected chi connectivity index (χ2v) is 5.11. The maximum absolute atomic E-state index is 13.5. The zero-order chi connectivity index (χ0) is 15.2. The largest absolute Gasteiger partial charge is 0.386 e. The quantitative estimate of drug-likeness (QED) is 0.851. The van der Waals surface area contributed by atoms with Crippen molar-refractivity contribution in [3.05, 3.63) is 35.6 Å². The Hall–Kier alpha value is -1.95. The molecule has 1 aliphatic rings. The molecule has 2 amide bonds. The van der Waals surface area contributed by atoms with Crippen molar-refractivity contribution < 1.29 is 19.1 Å². The molecule has 1 aromatic carbocycles. The van der Waals surface area contributed by atoms with Crippen LogP contribution in [0.5, 0.6) is 0 Å².